The second-order valence-electron chi connectivity index (χ2n) is 5.40. The average Bonchev–Trinajstić information content (AvgIpc) is 2.34. The molecule has 1 aliphatic heterocycles. The van der Waals surface area contributed by atoms with Crippen molar-refractivity contribution in [1.29, 1.82) is 0 Å². The van der Waals surface area contributed by atoms with Crippen molar-refractivity contribution in [2.24, 2.45) is 5.41 Å². The maximum Gasteiger partial charge on any atom is 0.231 e. The number of carbonyl (C=O) groups excluding carboxylic acids is 1. The van der Waals surface area contributed by atoms with Crippen molar-refractivity contribution >= 4 is 43.5 Å². The number of piperidine rings is 1. The van der Waals surface area contributed by atoms with Crippen molar-refractivity contribution in [2.45, 2.75) is 26.7 Å². The molecule has 1 aromatic carbocycles. The van der Waals surface area contributed by atoms with Crippen LogP contribution in [0.2, 0.25) is 0 Å². The summed E-state index contributed by atoms with van der Waals surface area (Å²) in [6, 6.07) is 4.00. The van der Waals surface area contributed by atoms with E-state index >= 15 is 0 Å². The number of rotatable bonds is 2. The van der Waals surface area contributed by atoms with Crippen molar-refractivity contribution in [3.8, 4) is 0 Å². The summed E-state index contributed by atoms with van der Waals surface area (Å²) in [7, 11) is 0. The van der Waals surface area contributed by atoms with Crippen LogP contribution < -0.4 is 10.6 Å². The van der Waals surface area contributed by atoms with E-state index in [0.717, 1.165) is 46.1 Å². The van der Waals surface area contributed by atoms with Crippen LogP contribution in [0.5, 0.6) is 0 Å². The van der Waals surface area contributed by atoms with Gasteiger partial charge in [0.2, 0.25) is 5.91 Å². The molecule has 1 atom stereocenters. The van der Waals surface area contributed by atoms with Crippen molar-refractivity contribution in [2.75, 3.05) is 18.4 Å². The number of halogens is 2. The third-order valence-corrected chi connectivity index (χ3v) is 4.82. The van der Waals surface area contributed by atoms with Gasteiger partial charge in [0, 0.05) is 15.5 Å². The summed E-state index contributed by atoms with van der Waals surface area (Å²) in [5.74, 6) is 0.0740. The molecule has 0 aromatic heterocycles. The van der Waals surface area contributed by atoms with Crippen molar-refractivity contribution in [3.63, 3.8) is 0 Å². The molecule has 1 aliphatic rings. The molecular weight excluding hydrogens is 372 g/mol. The SMILES string of the molecule is Cc1cc(Br)c(NC(=O)C2(C)CCCNC2)c(Br)c1. The minimum Gasteiger partial charge on any atom is -0.324 e. The van der Waals surface area contributed by atoms with Gasteiger partial charge in [-0.1, -0.05) is 0 Å². The Balaban J connectivity index is 2.19. The molecule has 0 saturated carbocycles. The molecule has 0 bridgehead atoms. The highest BCUT2D eigenvalue weighted by Gasteiger charge is 2.35. The minimum atomic E-state index is -0.331. The molecule has 19 heavy (non-hydrogen) atoms. The molecule has 104 valence electrons. The zero-order chi connectivity index (χ0) is 14.0. The quantitative estimate of drug-likeness (QED) is 0.806. The number of amides is 1. The van der Waals surface area contributed by atoms with Crippen LogP contribution in [0.25, 0.3) is 0 Å². The fraction of sp³-hybridized carbons (Fsp3) is 0.500. The molecule has 1 fully saturated rings. The van der Waals surface area contributed by atoms with Crippen molar-refractivity contribution in [3.05, 3.63) is 26.6 Å². The standard InChI is InChI=1S/C14H18Br2N2O/c1-9-6-10(15)12(11(16)7-9)18-13(19)14(2)4-3-5-17-8-14/h6-7,17H,3-5,8H2,1-2H3,(H,18,19). The maximum atomic E-state index is 12.5. The summed E-state index contributed by atoms with van der Waals surface area (Å²) in [6.07, 6.45) is 1.97. The molecule has 1 heterocycles. The molecule has 1 unspecified atom stereocenters. The Kier molecular flexibility index (Phi) is 4.69. The van der Waals surface area contributed by atoms with Crippen molar-refractivity contribution < 1.29 is 4.79 Å². The van der Waals surface area contributed by atoms with Gasteiger partial charge in [0.25, 0.3) is 0 Å². The molecule has 0 spiro atoms. The van der Waals surface area contributed by atoms with Crippen LogP contribution in [-0.2, 0) is 4.79 Å². The van der Waals surface area contributed by atoms with Crippen LogP contribution in [0.3, 0.4) is 0 Å². The molecule has 3 nitrogen and oxygen atoms in total. The van der Waals surface area contributed by atoms with Gasteiger partial charge in [-0.15, -0.1) is 0 Å². The Labute approximate surface area is 130 Å². The first kappa shape index (κ1) is 15.0. The lowest BCUT2D eigenvalue weighted by atomic mass is 9.82. The van der Waals surface area contributed by atoms with Crippen LogP contribution in [0.4, 0.5) is 5.69 Å². The van der Waals surface area contributed by atoms with Gasteiger partial charge in [0.05, 0.1) is 11.1 Å². The van der Waals surface area contributed by atoms with E-state index in [4.69, 9.17) is 0 Å². The Morgan fingerprint density at radius 2 is 2.00 bits per heavy atom. The van der Waals surface area contributed by atoms with Crippen LogP contribution in [0, 0.1) is 12.3 Å². The van der Waals surface area contributed by atoms with E-state index in [2.05, 4.69) is 42.5 Å². The summed E-state index contributed by atoms with van der Waals surface area (Å²) >= 11 is 7.02. The van der Waals surface area contributed by atoms with E-state index in [-0.39, 0.29) is 11.3 Å². The molecule has 1 saturated heterocycles. The summed E-state index contributed by atoms with van der Waals surface area (Å²) < 4.78 is 1.81. The third-order valence-electron chi connectivity index (χ3n) is 3.57. The first-order chi connectivity index (χ1) is 8.92. The van der Waals surface area contributed by atoms with E-state index in [0.29, 0.717) is 0 Å². The first-order valence-corrected chi connectivity index (χ1v) is 7.99. The monoisotopic (exact) mass is 388 g/mol. The van der Waals surface area contributed by atoms with Gasteiger partial charge in [-0.3, -0.25) is 4.79 Å². The number of benzene rings is 1. The highest BCUT2D eigenvalue weighted by atomic mass is 79.9. The molecule has 2 rings (SSSR count). The lowest BCUT2D eigenvalue weighted by Crippen LogP contribution is -2.46. The number of anilines is 1. The second-order valence-corrected chi connectivity index (χ2v) is 7.11. The van der Waals surface area contributed by atoms with Gasteiger partial charge in [-0.25, -0.2) is 0 Å². The van der Waals surface area contributed by atoms with Gasteiger partial charge in [-0.2, -0.15) is 0 Å². The highest BCUT2D eigenvalue weighted by Crippen LogP contribution is 2.34. The van der Waals surface area contributed by atoms with Crippen LogP contribution in [0.1, 0.15) is 25.3 Å². The number of nitrogens with one attached hydrogen (secondary N) is 2. The molecule has 0 radical (unpaired) electrons. The fourth-order valence-electron chi connectivity index (χ4n) is 2.33. The smallest absolute Gasteiger partial charge is 0.231 e. The molecule has 0 aliphatic carbocycles. The minimum absolute atomic E-state index is 0.0740. The zero-order valence-electron chi connectivity index (χ0n) is 11.1. The van der Waals surface area contributed by atoms with E-state index in [1.807, 2.05) is 26.0 Å². The van der Waals surface area contributed by atoms with Crippen LogP contribution >= 0.6 is 31.9 Å². The lowest BCUT2D eigenvalue weighted by molar-refractivity contribution is -0.125. The van der Waals surface area contributed by atoms with E-state index in [1.165, 1.54) is 0 Å². The summed E-state index contributed by atoms with van der Waals surface area (Å²) in [5.41, 5.74) is 1.62. The maximum absolute atomic E-state index is 12.5. The first-order valence-electron chi connectivity index (χ1n) is 6.40. The number of aryl methyl sites for hydroxylation is 1. The summed E-state index contributed by atoms with van der Waals surface area (Å²) in [4.78, 5) is 12.5. The van der Waals surface area contributed by atoms with Gasteiger partial charge in [0.1, 0.15) is 0 Å². The Hall–Kier alpha value is -0.390. The molecule has 2 N–H and O–H groups in total. The molecule has 5 heteroatoms. The summed E-state index contributed by atoms with van der Waals surface area (Å²) in [5, 5.41) is 6.34. The predicted octanol–water partition coefficient (Wildman–Crippen LogP) is 3.85. The Morgan fingerprint density at radius 3 is 2.53 bits per heavy atom. The highest BCUT2D eigenvalue weighted by molar-refractivity contribution is 9.11. The zero-order valence-corrected chi connectivity index (χ0v) is 14.3. The fourth-order valence-corrected chi connectivity index (χ4v) is 3.95. The average molecular weight is 390 g/mol. The van der Waals surface area contributed by atoms with E-state index < -0.39 is 0 Å². The molecular formula is C14H18Br2N2O. The summed E-state index contributed by atoms with van der Waals surface area (Å²) in [6.45, 7) is 5.78. The number of hydrogen-bond donors (Lipinski definition) is 2. The topological polar surface area (TPSA) is 41.1 Å². The second kappa shape index (κ2) is 5.94. The van der Waals surface area contributed by atoms with Crippen LogP contribution in [0.15, 0.2) is 21.1 Å². The predicted molar refractivity (Wildman–Crippen MR) is 85.4 cm³/mol. The Bertz CT molecular complexity index is 473. The van der Waals surface area contributed by atoms with Gasteiger partial charge in [0.15, 0.2) is 0 Å². The normalized spacial score (nSPS) is 23.2. The Morgan fingerprint density at radius 1 is 1.37 bits per heavy atom. The van der Waals surface area contributed by atoms with Gasteiger partial charge < -0.3 is 10.6 Å². The van der Waals surface area contributed by atoms with Crippen LogP contribution in [-0.4, -0.2) is 19.0 Å². The molecule has 1 amide bonds. The number of hydrogen-bond acceptors (Lipinski definition) is 2. The number of carbonyl (C=O) groups is 1. The van der Waals surface area contributed by atoms with E-state index in [1.54, 1.807) is 0 Å². The molecule has 1 aromatic rings. The van der Waals surface area contributed by atoms with Gasteiger partial charge >= 0.3 is 0 Å². The lowest BCUT2D eigenvalue weighted by Gasteiger charge is -2.32. The largest absolute Gasteiger partial charge is 0.324 e. The third kappa shape index (κ3) is 3.38. The van der Waals surface area contributed by atoms with E-state index in [9.17, 15) is 4.79 Å². The van der Waals surface area contributed by atoms with Crippen molar-refractivity contribution in [1.82, 2.24) is 5.32 Å². The van der Waals surface area contributed by atoms with Gasteiger partial charge in [-0.05, 0) is 82.8 Å².